The van der Waals surface area contributed by atoms with E-state index in [1.807, 2.05) is 0 Å². The van der Waals surface area contributed by atoms with E-state index in [2.05, 4.69) is 37.2 Å². The largest absolute Gasteiger partial charge is 0.465 e. The van der Waals surface area contributed by atoms with Gasteiger partial charge in [0.05, 0.1) is 26.2 Å². The van der Waals surface area contributed by atoms with E-state index < -0.39 is 171 Å². The van der Waals surface area contributed by atoms with Gasteiger partial charge in [-0.15, -0.1) is 0 Å². The van der Waals surface area contributed by atoms with Gasteiger partial charge in [-0.05, 0) is 25.7 Å². The zero-order valence-corrected chi connectivity index (χ0v) is 49.8. The van der Waals surface area contributed by atoms with Gasteiger partial charge >= 0.3 is 6.09 Å². The van der Waals surface area contributed by atoms with E-state index >= 15 is 0 Å². The SMILES string of the molecule is CCCN(CC(=O)NCCN(CC(=O)NCCN(C(=O)CC(N)=O)[C@@H](C)C(=O)NCCN(CC(=O)NCCN(CC(=O)NCCN(CC(=O)NCCNC(=O)CC(N)=O)C(=O)O)C(=O)CC(C)C)C(=O)CC(N)=O)C(=O)C(C)CC)C(=O)CC(N)=O. The molecule has 16 N–H and O–H groups in total. The minimum Gasteiger partial charge on any atom is -0.465 e. The number of carboxylic acid groups (broad SMARTS) is 1. The van der Waals surface area contributed by atoms with Crippen molar-refractivity contribution in [2.24, 2.45) is 34.8 Å². The third kappa shape index (κ3) is 34.4. The van der Waals surface area contributed by atoms with Crippen LogP contribution < -0.4 is 60.2 Å². The van der Waals surface area contributed by atoms with E-state index in [0.717, 1.165) is 14.7 Å². The normalized spacial score (nSPS) is 11.2. The van der Waals surface area contributed by atoms with E-state index in [-0.39, 0.29) is 97.4 Å². The molecule has 0 rings (SSSR count). The van der Waals surface area contributed by atoms with Gasteiger partial charge in [-0.25, -0.2) is 4.79 Å². The van der Waals surface area contributed by atoms with Crippen molar-refractivity contribution in [1.82, 2.24) is 66.6 Å². The van der Waals surface area contributed by atoms with Gasteiger partial charge < -0.3 is 89.8 Å². The molecule has 0 aliphatic heterocycles. The van der Waals surface area contributed by atoms with Crippen LogP contribution in [-0.2, 0) is 76.7 Å². The average Bonchev–Trinajstić information content (AvgIpc) is 3.56. The first-order valence-corrected chi connectivity index (χ1v) is 27.7. The van der Waals surface area contributed by atoms with Crippen molar-refractivity contribution in [1.29, 1.82) is 0 Å². The standard InChI is InChI=1S/C51H87N17O18/c1-7-16-63(46(80)24-36(53)70)27-40(74)59-12-19-66(50(84)33(5)8-2)30-43(77)61-15-21-68(48(82)26-38(55)72)34(6)49(83)62-14-18-65(47(81)25-37(54)71)29-42(76)58-11-17-64(45(79)22-32(3)4)28-41(75)60-13-20-67(51(85)86)31-44(78)57-10-9-56-39(73)23-35(52)69/h32-34H,7-31H2,1-6H3,(H2,52,69)(H2,53,70)(H2,54,71)(H2,55,72)(H,56,73)(H,57,78)(H,58,76)(H,59,74)(H,60,75)(H,61,77)(H,62,83)(H,85,86)/t33?,34-/m0/s1. The van der Waals surface area contributed by atoms with E-state index in [1.54, 1.807) is 34.6 Å². The van der Waals surface area contributed by atoms with Crippen LogP contribution in [0, 0.1) is 11.8 Å². The maximum absolute atomic E-state index is 13.5. The molecule has 0 bridgehead atoms. The number of carbonyl (C=O) groups is 17. The Morgan fingerprint density at radius 2 is 0.721 bits per heavy atom. The van der Waals surface area contributed by atoms with Gasteiger partial charge in [0.25, 0.3) is 0 Å². The Kier molecular flexibility index (Phi) is 37.3. The Bertz CT molecular complexity index is 2410. The Morgan fingerprint density at radius 1 is 0.384 bits per heavy atom. The van der Waals surface area contributed by atoms with E-state index in [4.69, 9.17) is 22.9 Å². The summed E-state index contributed by atoms with van der Waals surface area (Å²) in [6.45, 7) is 4.44. The van der Waals surface area contributed by atoms with Crippen molar-refractivity contribution in [2.75, 3.05) is 118 Å². The number of rotatable bonds is 44. The van der Waals surface area contributed by atoms with Gasteiger partial charge in [0.1, 0.15) is 38.3 Å². The molecule has 17 amide bonds. The maximum Gasteiger partial charge on any atom is 0.407 e. The lowest BCUT2D eigenvalue weighted by Gasteiger charge is -2.29. The molecule has 0 radical (unpaired) electrons. The van der Waals surface area contributed by atoms with Gasteiger partial charge in [0.15, 0.2) is 0 Å². The molecule has 0 aliphatic carbocycles. The smallest absolute Gasteiger partial charge is 0.407 e. The Balaban J connectivity index is 5.75. The molecule has 0 aromatic heterocycles. The van der Waals surface area contributed by atoms with Gasteiger partial charge in [-0.3, -0.25) is 81.6 Å². The highest BCUT2D eigenvalue weighted by atomic mass is 16.4. The van der Waals surface area contributed by atoms with E-state index in [1.165, 1.54) is 16.7 Å². The zero-order chi connectivity index (χ0) is 65.6. The molecule has 484 valence electrons. The van der Waals surface area contributed by atoms with E-state index in [0.29, 0.717) is 17.7 Å². The molecule has 0 spiro atoms. The molecule has 0 fully saturated rings. The number of nitrogens with two attached hydrogens (primary N) is 4. The van der Waals surface area contributed by atoms with Crippen LogP contribution >= 0.6 is 0 Å². The molecule has 0 saturated carbocycles. The van der Waals surface area contributed by atoms with Crippen molar-refractivity contribution >= 4 is 101 Å². The second kappa shape index (κ2) is 41.7. The molecule has 0 heterocycles. The van der Waals surface area contributed by atoms with Crippen LogP contribution in [0.4, 0.5) is 4.79 Å². The quantitative estimate of drug-likeness (QED) is 0.0199. The summed E-state index contributed by atoms with van der Waals surface area (Å²) in [5.74, 6) is -12.9. The number of hydrogen-bond donors (Lipinski definition) is 12. The molecule has 0 saturated heterocycles. The van der Waals surface area contributed by atoms with Crippen molar-refractivity contribution in [3.05, 3.63) is 0 Å². The maximum atomic E-state index is 13.5. The fourth-order valence-corrected chi connectivity index (χ4v) is 7.61. The van der Waals surface area contributed by atoms with Crippen LogP contribution in [0.5, 0.6) is 0 Å². The monoisotopic (exact) mass is 1230 g/mol. The van der Waals surface area contributed by atoms with Crippen molar-refractivity contribution in [3.8, 4) is 0 Å². The third-order valence-corrected chi connectivity index (χ3v) is 12.1. The molecular weight excluding hydrogens is 1140 g/mol. The first kappa shape index (κ1) is 76.8. The second-order valence-corrected chi connectivity index (χ2v) is 20.0. The number of nitrogens with zero attached hydrogens (tertiary/aromatic N) is 6. The Labute approximate surface area is 497 Å². The van der Waals surface area contributed by atoms with Crippen LogP contribution in [0.15, 0.2) is 0 Å². The lowest BCUT2D eigenvalue weighted by atomic mass is 10.1. The molecule has 2 atom stereocenters. The number of carbonyl (C=O) groups excluding carboxylic acids is 16. The first-order chi connectivity index (χ1) is 40.3. The van der Waals surface area contributed by atoms with Gasteiger partial charge in [0.2, 0.25) is 94.5 Å². The average molecular weight is 1230 g/mol. The Hall–Kier alpha value is -9.21. The second-order valence-electron chi connectivity index (χ2n) is 20.0. The highest BCUT2D eigenvalue weighted by molar-refractivity contribution is 6.00. The predicted molar refractivity (Wildman–Crippen MR) is 303 cm³/mol. The van der Waals surface area contributed by atoms with Gasteiger partial charge in [0, 0.05) is 97.4 Å². The van der Waals surface area contributed by atoms with Crippen LogP contribution in [0.1, 0.15) is 86.5 Å². The summed E-state index contributed by atoms with van der Waals surface area (Å²) in [6.07, 6.45) is -3.42. The summed E-state index contributed by atoms with van der Waals surface area (Å²) >= 11 is 0. The summed E-state index contributed by atoms with van der Waals surface area (Å²) < 4.78 is 0. The fraction of sp³-hybridized carbons (Fsp3) is 0.667. The lowest BCUT2D eigenvalue weighted by molar-refractivity contribution is -0.142. The zero-order valence-electron chi connectivity index (χ0n) is 49.8. The number of primary amides is 4. The number of amides is 17. The van der Waals surface area contributed by atoms with Crippen molar-refractivity contribution in [3.63, 3.8) is 0 Å². The van der Waals surface area contributed by atoms with Crippen LogP contribution in [0.3, 0.4) is 0 Å². The molecule has 0 aromatic rings. The molecule has 0 aromatic carbocycles. The molecule has 35 nitrogen and oxygen atoms in total. The molecule has 1 unspecified atom stereocenters. The topological polar surface area (TPSA) is 518 Å². The van der Waals surface area contributed by atoms with Gasteiger partial charge in [-0.2, -0.15) is 0 Å². The van der Waals surface area contributed by atoms with Crippen molar-refractivity contribution < 1.29 is 86.6 Å². The summed E-state index contributed by atoms with van der Waals surface area (Å²) in [6, 6.07) is -1.35. The molecule has 35 heteroatoms. The Morgan fingerprint density at radius 3 is 1.13 bits per heavy atom. The summed E-state index contributed by atoms with van der Waals surface area (Å²) in [5, 5.41) is 27.0. The first-order valence-electron chi connectivity index (χ1n) is 27.7. The van der Waals surface area contributed by atoms with Crippen LogP contribution in [0.25, 0.3) is 0 Å². The molecular formula is C51H87N17O18. The molecule has 86 heavy (non-hydrogen) atoms. The van der Waals surface area contributed by atoms with Crippen LogP contribution in [-0.4, -0.2) is 259 Å². The number of nitrogens with one attached hydrogen (secondary N) is 7. The number of hydrogen-bond acceptors (Lipinski definition) is 17. The molecule has 0 aliphatic rings. The fourth-order valence-electron chi connectivity index (χ4n) is 7.61. The summed E-state index contributed by atoms with van der Waals surface area (Å²) in [5.41, 5.74) is 20.6. The predicted octanol–water partition coefficient (Wildman–Crippen LogP) is -7.68. The highest BCUT2D eigenvalue weighted by Crippen LogP contribution is 2.08. The highest BCUT2D eigenvalue weighted by Gasteiger charge is 2.29. The minimum absolute atomic E-state index is 0.00682. The third-order valence-electron chi connectivity index (χ3n) is 12.1. The lowest BCUT2D eigenvalue weighted by Crippen LogP contribution is -2.53. The van der Waals surface area contributed by atoms with Crippen LogP contribution in [0.2, 0.25) is 0 Å². The summed E-state index contributed by atoms with van der Waals surface area (Å²) in [7, 11) is 0. The van der Waals surface area contributed by atoms with Crippen molar-refractivity contribution in [2.45, 2.75) is 92.5 Å². The van der Waals surface area contributed by atoms with E-state index in [9.17, 15) is 86.6 Å². The summed E-state index contributed by atoms with van der Waals surface area (Å²) in [4.78, 5) is 218. The van der Waals surface area contributed by atoms with Gasteiger partial charge in [-0.1, -0.05) is 34.6 Å². The minimum atomic E-state index is -1.49.